The molecule has 1 aliphatic heterocycles. The van der Waals surface area contributed by atoms with Crippen LogP contribution in [0.2, 0.25) is 0 Å². The van der Waals surface area contributed by atoms with Crippen molar-refractivity contribution in [2.75, 3.05) is 18.4 Å². The Morgan fingerprint density at radius 1 is 1.52 bits per heavy atom. The molecule has 132 valence electrons. The number of amides is 2. The number of anilines is 1. The van der Waals surface area contributed by atoms with Crippen molar-refractivity contribution >= 4 is 28.4 Å². The number of urea groups is 1. The van der Waals surface area contributed by atoms with E-state index in [-0.39, 0.29) is 18.1 Å². The number of carbonyl (C=O) groups is 1. The first-order valence-corrected chi connectivity index (χ1v) is 8.69. The number of rotatable bonds is 4. The molecule has 3 N–H and O–H groups in total. The zero-order valence-electron chi connectivity index (χ0n) is 14.8. The molecule has 2 atom stereocenters. The van der Waals surface area contributed by atoms with E-state index in [2.05, 4.69) is 32.4 Å². The second kappa shape index (κ2) is 7.01. The van der Waals surface area contributed by atoms with Gasteiger partial charge in [0.2, 0.25) is 5.69 Å². The molecule has 2 aromatic heterocycles. The molecule has 0 aliphatic carbocycles. The van der Waals surface area contributed by atoms with E-state index in [4.69, 9.17) is 6.57 Å². The standard InChI is InChI=1S/C18H24N6O/c1-5-12-9-24(18(25)22-11(2)3)10-15(12)23-16-13-6-7-20-17(13)21-8-14(16)19-4/h6-8,11-12,15H,5,9-10H2,1-3H3,(H,22,25)(H2,20,21,23)/t12-,15+/m1/s1. The number of hydrogen-bond donors (Lipinski definition) is 3. The molecule has 1 fully saturated rings. The molecule has 1 aliphatic rings. The maximum absolute atomic E-state index is 12.3. The van der Waals surface area contributed by atoms with Crippen molar-refractivity contribution in [3.05, 3.63) is 29.9 Å². The van der Waals surface area contributed by atoms with Crippen molar-refractivity contribution in [2.45, 2.75) is 39.3 Å². The Kier molecular flexibility index (Phi) is 4.79. The monoisotopic (exact) mass is 340 g/mol. The lowest BCUT2D eigenvalue weighted by Gasteiger charge is -2.21. The van der Waals surface area contributed by atoms with E-state index >= 15 is 0 Å². The van der Waals surface area contributed by atoms with Crippen LogP contribution in [0, 0.1) is 12.5 Å². The van der Waals surface area contributed by atoms with Gasteiger partial charge in [0, 0.05) is 43.0 Å². The largest absolute Gasteiger partial charge is 0.388 e. The van der Waals surface area contributed by atoms with Crippen LogP contribution in [0.25, 0.3) is 15.9 Å². The summed E-state index contributed by atoms with van der Waals surface area (Å²) in [5, 5.41) is 7.40. The van der Waals surface area contributed by atoms with Crippen LogP contribution in [0.5, 0.6) is 0 Å². The van der Waals surface area contributed by atoms with Crippen LogP contribution in [0.1, 0.15) is 27.2 Å². The number of H-pyrrole nitrogens is 1. The van der Waals surface area contributed by atoms with Crippen LogP contribution < -0.4 is 10.6 Å². The number of nitrogens with one attached hydrogen (secondary N) is 3. The van der Waals surface area contributed by atoms with Gasteiger partial charge in [-0.15, -0.1) is 0 Å². The van der Waals surface area contributed by atoms with Gasteiger partial charge in [0.15, 0.2) is 0 Å². The van der Waals surface area contributed by atoms with Gasteiger partial charge in [-0.05, 0) is 32.3 Å². The molecule has 2 amide bonds. The van der Waals surface area contributed by atoms with Crippen molar-refractivity contribution in [1.29, 1.82) is 0 Å². The lowest BCUT2D eigenvalue weighted by Crippen LogP contribution is -2.42. The second-order valence-electron chi connectivity index (χ2n) is 6.80. The average molecular weight is 340 g/mol. The first-order valence-electron chi connectivity index (χ1n) is 8.69. The minimum atomic E-state index is -0.0235. The number of carbonyl (C=O) groups excluding carboxylic acids is 1. The van der Waals surface area contributed by atoms with Gasteiger partial charge in [-0.2, -0.15) is 0 Å². The SMILES string of the molecule is [C-]#[N+]c1cnc2[nH]ccc2c1N[C@H]1CN(C(=O)NC(C)C)C[C@H]1CC. The van der Waals surface area contributed by atoms with Crippen molar-refractivity contribution in [3.8, 4) is 0 Å². The molecule has 0 aromatic carbocycles. The van der Waals surface area contributed by atoms with Crippen LogP contribution in [-0.4, -0.2) is 46.1 Å². The third-order valence-electron chi connectivity index (χ3n) is 4.68. The number of aromatic amines is 1. The summed E-state index contributed by atoms with van der Waals surface area (Å²) in [6.45, 7) is 14.8. The quantitative estimate of drug-likeness (QED) is 0.747. The van der Waals surface area contributed by atoms with Gasteiger partial charge >= 0.3 is 6.03 Å². The highest BCUT2D eigenvalue weighted by atomic mass is 16.2. The van der Waals surface area contributed by atoms with Crippen molar-refractivity contribution in [1.82, 2.24) is 20.2 Å². The van der Waals surface area contributed by atoms with Crippen molar-refractivity contribution in [2.24, 2.45) is 5.92 Å². The maximum Gasteiger partial charge on any atom is 0.317 e. The van der Waals surface area contributed by atoms with Gasteiger partial charge in [-0.3, -0.25) is 4.98 Å². The highest BCUT2D eigenvalue weighted by Gasteiger charge is 2.34. The number of pyridine rings is 1. The summed E-state index contributed by atoms with van der Waals surface area (Å²) < 4.78 is 0. The topological polar surface area (TPSA) is 77.4 Å². The van der Waals surface area contributed by atoms with Crippen molar-refractivity contribution < 1.29 is 4.79 Å². The maximum atomic E-state index is 12.3. The molecule has 0 unspecified atom stereocenters. The smallest absolute Gasteiger partial charge is 0.317 e. The summed E-state index contributed by atoms with van der Waals surface area (Å²) in [5.41, 5.74) is 2.07. The summed E-state index contributed by atoms with van der Waals surface area (Å²) in [4.78, 5) is 25.2. The van der Waals surface area contributed by atoms with Crippen LogP contribution in [0.15, 0.2) is 18.5 Å². The Morgan fingerprint density at radius 2 is 2.32 bits per heavy atom. The minimum Gasteiger partial charge on any atom is -0.388 e. The van der Waals surface area contributed by atoms with Gasteiger partial charge in [0.1, 0.15) is 5.65 Å². The van der Waals surface area contributed by atoms with Gasteiger partial charge in [-0.25, -0.2) is 9.64 Å². The summed E-state index contributed by atoms with van der Waals surface area (Å²) in [5.74, 6) is 0.346. The van der Waals surface area contributed by atoms with Crippen LogP contribution >= 0.6 is 0 Å². The van der Waals surface area contributed by atoms with Crippen LogP contribution in [0.3, 0.4) is 0 Å². The Balaban J connectivity index is 1.84. The van der Waals surface area contributed by atoms with Gasteiger partial charge in [-0.1, -0.05) is 6.92 Å². The molecule has 0 spiro atoms. The predicted molar refractivity (Wildman–Crippen MR) is 98.8 cm³/mol. The molecule has 25 heavy (non-hydrogen) atoms. The van der Waals surface area contributed by atoms with Crippen LogP contribution in [-0.2, 0) is 0 Å². The molecule has 3 heterocycles. The van der Waals surface area contributed by atoms with E-state index < -0.39 is 0 Å². The van der Waals surface area contributed by atoms with E-state index in [0.29, 0.717) is 18.2 Å². The van der Waals surface area contributed by atoms with E-state index in [1.165, 1.54) is 0 Å². The van der Waals surface area contributed by atoms with Crippen molar-refractivity contribution in [3.63, 3.8) is 0 Å². The number of aromatic nitrogens is 2. The third-order valence-corrected chi connectivity index (χ3v) is 4.68. The fourth-order valence-corrected chi connectivity index (χ4v) is 3.37. The number of likely N-dealkylation sites (tertiary alicyclic amines) is 1. The summed E-state index contributed by atoms with van der Waals surface area (Å²) in [7, 11) is 0. The lowest BCUT2D eigenvalue weighted by atomic mass is 10.0. The van der Waals surface area contributed by atoms with E-state index in [1.54, 1.807) is 6.20 Å². The first kappa shape index (κ1) is 17.1. The van der Waals surface area contributed by atoms with Gasteiger partial charge < -0.3 is 20.5 Å². The van der Waals surface area contributed by atoms with Gasteiger partial charge in [0.05, 0.1) is 12.3 Å². The zero-order valence-corrected chi connectivity index (χ0v) is 14.8. The molecule has 2 aromatic rings. The molecule has 0 radical (unpaired) electrons. The molecule has 3 rings (SSSR count). The average Bonchev–Trinajstić information content (AvgIpc) is 3.21. The second-order valence-corrected chi connectivity index (χ2v) is 6.80. The fraction of sp³-hybridized carbons (Fsp3) is 0.500. The fourth-order valence-electron chi connectivity index (χ4n) is 3.37. The van der Waals surface area contributed by atoms with Crippen LogP contribution in [0.4, 0.5) is 16.2 Å². The Morgan fingerprint density at radius 3 is 3.00 bits per heavy atom. The Hall–Kier alpha value is -2.75. The molecular weight excluding hydrogens is 316 g/mol. The molecule has 1 saturated heterocycles. The van der Waals surface area contributed by atoms with Gasteiger partial charge in [0.25, 0.3) is 0 Å². The number of hydrogen-bond acceptors (Lipinski definition) is 3. The highest BCUT2D eigenvalue weighted by molar-refractivity contribution is 5.96. The minimum absolute atomic E-state index is 0.0235. The Bertz CT molecular complexity index is 805. The Labute approximate surface area is 147 Å². The molecule has 7 heteroatoms. The molecule has 0 bridgehead atoms. The van der Waals surface area contributed by atoms with E-state index in [1.807, 2.05) is 31.0 Å². The zero-order chi connectivity index (χ0) is 18.0. The molecular formula is C18H24N6O. The summed E-state index contributed by atoms with van der Waals surface area (Å²) >= 11 is 0. The highest BCUT2D eigenvalue weighted by Crippen LogP contribution is 2.34. The molecule has 7 nitrogen and oxygen atoms in total. The lowest BCUT2D eigenvalue weighted by molar-refractivity contribution is 0.204. The normalized spacial score (nSPS) is 20.0. The number of fused-ring (bicyclic) bond motifs is 1. The van der Waals surface area contributed by atoms with E-state index in [0.717, 1.165) is 29.7 Å². The van der Waals surface area contributed by atoms with E-state index in [9.17, 15) is 4.79 Å². The summed E-state index contributed by atoms with van der Waals surface area (Å²) in [6.07, 6.45) is 4.38. The predicted octanol–water partition coefficient (Wildman–Crippen LogP) is 3.35. The third kappa shape index (κ3) is 3.38. The summed E-state index contributed by atoms with van der Waals surface area (Å²) in [6, 6.07) is 2.14. The number of nitrogens with zero attached hydrogens (tertiary/aromatic N) is 3. The first-order chi connectivity index (χ1) is 12.0. The molecule has 0 saturated carbocycles.